The monoisotopic (exact) mass is 493 g/mol. The number of amides is 1. The average Bonchev–Trinajstić information content (AvgIpc) is 3.45. The van der Waals surface area contributed by atoms with Gasteiger partial charge in [0.25, 0.3) is 0 Å². The van der Waals surface area contributed by atoms with E-state index in [1.54, 1.807) is 0 Å². The van der Waals surface area contributed by atoms with E-state index in [-0.39, 0.29) is 17.8 Å². The van der Waals surface area contributed by atoms with Gasteiger partial charge >= 0.3 is 0 Å². The van der Waals surface area contributed by atoms with E-state index in [0.717, 1.165) is 23.4 Å². The molecule has 1 atom stereocenters. The molecule has 2 aromatic carbocycles. The molecule has 0 saturated heterocycles. The van der Waals surface area contributed by atoms with Gasteiger partial charge < -0.3 is 14.6 Å². The molecule has 34 heavy (non-hydrogen) atoms. The van der Waals surface area contributed by atoms with Gasteiger partial charge in [-0.25, -0.2) is 4.98 Å². The second-order valence-corrected chi connectivity index (χ2v) is 9.70. The van der Waals surface area contributed by atoms with Crippen LogP contribution in [0.4, 0.5) is 5.13 Å². The topological polar surface area (TPSA) is 81.9 Å². The molecular weight excluding hydrogens is 466 g/mol. The van der Waals surface area contributed by atoms with Crippen LogP contribution in [0.2, 0.25) is 0 Å². The predicted octanol–water partition coefficient (Wildman–Crippen LogP) is 5.68. The highest BCUT2D eigenvalue weighted by Crippen LogP contribution is 2.26. The van der Waals surface area contributed by atoms with Crippen molar-refractivity contribution in [3.8, 4) is 17.0 Å². The summed E-state index contributed by atoms with van der Waals surface area (Å²) in [6, 6.07) is 16.2. The van der Waals surface area contributed by atoms with Crippen LogP contribution in [0, 0.1) is 6.92 Å². The predicted molar refractivity (Wildman–Crippen MR) is 138 cm³/mol. The highest BCUT2D eigenvalue weighted by molar-refractivity contribution is 7.99. The van der Waals surface area contributed by atoms with Crippen LogP contribution in [0.1, 0.15) is 36.9 Å². The van der Waals surface area contributed by atoms with Crippen LogP contribution in [-0.2, 0) is 18.3 Å². The number of anilines is 1. The minimum absolute atomic E-state index is 0.139. The van der Waals surface area contributed by atoms with Crippen molar-refractivity contribution in [2.75, 3.05) is 11.1 Å². The third-order valence-corrected chi connectivity index (χ3v) is 7.08. The number of benzene rings is 2. The zero-order valence-corrected chi connectivity index (χ0v) is 21.2. The van der Waals surface area contributed by atoms with Gasteiger partial charge in [0.05, 0.1) is 11.4 Å². The molecule has 0 aliphatic rings. The Hall–Kier alpha value is -3.17. The van der Waals surface area contributed by atoms with Crippen LogP contribution < -0.4 is 10.1 Å². The number of carbonyl (C=O) groups is 1. The number of rotatable bonds is 9. The molecule has 0 spiro atoms. The number of thiazole rings is 1. The fourth-order valence-corrected chi connectivity index (χ4v) is 4.79. The number of ether oxygens (including phenoxy) is 1. The second-order valence-electron chi connectivity index (χ2n) is 7.90. The molecule has 4 aromatic rings. The van der Waals surface area contributed by atoms with E-state index in [4.69, 9.17) is 4.74 Å². The smallest absolute Gasteiger partial charge is 0.236 e. The van der Waals surface area contributed by atoms with Gasteiger partial charge in [0.1, 0.15) is 5.75 Å². The first-order valence-corrected chi connectivity index (χ1v) is 12.9. The van der Waals surface area contributed by atoms with Crippen LogP contribution in [0.15, 0.2) is 59.1 Å². The maximum Gasteiger partial charge on any atom is 0.236 e. The summed E-state index contributed by atoms with van der Waals surface area (Å²) in [5, 5.41) is 14.6. The summed E-state index contributed by atoms with van der Waals surface area (Å²) in [4.78, 5) is 17.0. The summed E-state index contributed by atoms with van der Waals surface area (Å²) in [6.07, 6.45) is 0.715. The van der Waals surface area contributed by atoms with Crippen LogP contribution in [-0.4, -0.2) is 31.4 Å². The molecular formula is C25H27N5O2S2. The van der Waals surface area contributed by atoms with Gasteiger partial charge in [0.2, 0.25) is 5.91 Å². The Morgan fingerprint density at radius 1 is 1.15 bits per heavy atom. The van der Waals surface area contributed by atoms with E-state index in [9.17, 15) is 4.79 Å². The summed E-state index contributed by atoms with van der Waals surface area (Å²) < 4.78 is 7.89. The lowest BCUT2D eigenvalue weighted by Crippen LogP contribution is -2.14. The Morgan fingerprint density at radius 3 is 2.59 bits per heavy atom. The van der Waals surface area contributed by atoms with E-state index < -0.39 is 0 Å². The molecule has 0 aliphatic carbocycles. The Kier molecular flexibility index (Phi) is 7.64. The largest absolute Gasteiger partial charge is 0.483 e. The Bertz CT molecular complexity index is 1250. The van der Waals surface area contributed by atoms with Gasteiger partial charge in [-0.3, -0.25) is 4.79 Å². The van der Waals surface area contributed by atoms with Crippen molar-refractivity contribution in [1.82, 2.24) is 19.7 Å². The molecule has 0 radical (unpaired) electrons. The van der Waals surface area contributed by atoms with Crippen molar-refractivity contribution in [3.63, 3.8) is 0 Å². The number of nitrogens with zero attached hydrogens (tertiary/aromatic N) is 4. The molecule has 4 rings (SSSR count). The molecule has 0 saturated carbocycles. The number of carbonyl (C=O) groups excluding carboxylic acids is 1. The molecule has 1 N–H and O–H groups in total. The van der Waals surface area contributed by atoms with Crippen LogP contribution >= 0.6 is 23.1 Å². The molecule has 0 bridgehead atoms. The van der Waals surface area contributed by atoms with E-state index >= 15 is 0 Å². The lowest BCUT2D eigenvalue weighted by Gasteiger charge is -2.14. The lowest BCUT2D eigenvalue weighted by atomic mass is 10.1. The Labute approximate surface area is 207 Å². The number of hydrogen-bond donors (Lipinski definition) is 1. The molecule has 2 aromatic heterocycles. The second kappa shape index (κ2) is 10.8. The number of aryl methyl sites for hydroxylation is 2. The van der Waals surface area contributed by atoms with Crippen LogP contribution in [0.5, 0.6) is 5.75 Å². The SMILES string of the molecule is CCc1ccc(O[C@H](C)c2nnc(SCC(=O)Nc3nc(-c4ccc(C)cc4)cs3)n2C)cc1. The Balaban J connectivity index is 1.31. The van der Waals surface area contributed by atoms with Gasteiger partial charge in [-0.2, -0.15) is 0 Å². The molecule has 9 heteroatoms. The summed E-state index contributed by atoms with van der Waals surface area (Å²) in [7, 11) is 1.88. The van der Waals surface area contributed by atoms with E-state index in [1.807, 2.05) is 67.2 Å². The standard InChI is InChI=1S/C25H27N5O2S2/c1-5-18-8-12-20(13-9-18)32-17(3)23-28-29-25(30(23)4)34-15-22(31)27-24-26-21(14-33-24)19-10-6-16(2)7-11-19/h6-14,17H,5,15H2,1-4H3,(H,26,27,31)/t17-/m1/s1. The van der Waals surface area contributed by atoms with Gasteiger partial charge in [0.15, 0.2) is 22.2 Å². The number of nitrogens with one attached hydrogen (secondary N) is 1. The van der Waals surface area contributed by atoms with Crippen molar-refractivity contribution in [2.24, 2.45) is 7.05 Å². The first-order valence-electron chi connectivity index (χ1n) is 11.0. The van der Waals surface area contributed by atoms with E-state index in [0.29, 0.717) is 16.1 Å². The summed E-state index contributed by atoms with van der Waals surface area (Å²) in [5.74, 6) is 1.55. The highest BCUT2D eigenvalue weighted by Gasteiger charge is 2.18. The number of aromatic nitrogens is 4. The normalized spacial score (nSPS) is 11.9. The maximum atomic E-state index is 12.5. The van der Waals surface area contributed by atoms with E-state index in [2.05, 4.69) is 39.6 Å². The van der Waals surface area contributed by atoms with Crippen molar-refractivity contribution in [2.45, 2.75) is 38.5 Å². The fourth-order valence-electron chi connectivity index (χ4n) is 3.34. The maximum absolute atomic E-state index is 12.5. The number of hydrogen-bond acceptors (Lipinski definition) is 7. The molecule has 0 fully saturated rings. The van der Waals surface area contributed by atoms with Gasteiger partial charge in [-0.05, 0) is 38.0 Å². The third-order valence-electron chi connectivity index (χ3n) is 5.31. The van der Waals surface area contributed by atoms with Gasteiger partial charge in [0, 0.05) is 18.0 Å². The summed E-state index contributed by atoms with van der Waals surface area (Å²) in [5.41, 5.74) is 4.34. The highest BCUT2D eigenvalue weighted by atomic mass is 32.2. The van der Waals surface area contributed by atoms with Crippen molar-refractivity contribution >= 4 is 34.1 Å². The molecule has 2 heterocycles. The van der Waals surface area contributed by atoms with Crippen molar-refractivity contribution < 1.29 is 9.53 Å². The molecule has 0 aliphatic heterocycles. The average molecular weight is 494 g/mol. The van der Waals surface area contributed by atoms with Crippen molar-refractivity contribution in [1.29, 1.82) is 0 Å². The zero-order valence-electron chi connectivity index (χ0n) is 19.6. The Morgan fingerprint density at radius 2 is 1.88 bits per heavy atom. The summed E-state index contributed by atoms with van der Waals surface area (Å²) >= 11 is 2.74. The molecule has 176 valence electrons. The quantitative estimate of drug-likeness (QED) is 0.302. The minimum atomic E-state index is -0.274. The molecule has 0 unspecified atom stereocenters. The lowest BCUT2D eigenvalue weighted by molar-refractivity contribution is -0.113. The third kappa shape index (κ3) is 5.84. The summed E-state index contributed by atoms with van der Waals surface area (Å²) in [6.45, 7) is 6.11. The van der Waals surface area contributed by atoms with Crippen molar-refractivity contribution in [3.05, 3.63) is 70.9 Å². The molecule has 7 nitrogen and oxygen atoms in total. The first kappa shape index (κ1) is 24.0. The zero-order chi connectivity index (χ0) is 24.1. The van der Waals surface area contributed by atoms with Gasteiger partial charge in [-0.15, -0.1) is 21.5 Å². The van der Waals surface area contributed by atoms with Crippen LogP contribution in [0.25, 0.3) is 11.3 Å². The van der Waals surface area contributed by atoms with Crippen LogP contribution in [0.3, 0.4) is 0 Å². The van der Waals surface area contributed by atoms with Gasteiger partial charge in [-0.1, -0.05) is 60.6 Å². The minimum Gasteiger partial charge on any atom is -0.483 e. The first-order chi connectivity index (χ1) is 16.4. The number of thioether (sulfide) groups is 1. The fraction of sp³-hybridized carbons (Fsp3) is 0.280. The molecule has 1 amide bonds. The van der Waals surface area contributed by atoms with E-state index in [1.165, 1.54) is 34.2 Å².